The molecule has 0 aliphatic carbocycles. The first kappa shape index (κ1) is 8.98. The van der Waals surface area contributed by atoms with Crippen molar-refractivity contribution in [1.82, 2.24) is 4.98 Å². The van der Waals surface area contributed by atoms with Gasteiger partial charge in [0.15, 0.2) is 0 Å². The molecule has 1 aromatic heterocycles. The number of carbonyl (C=O) groups excluding carboxylic acids is 2. The van der Waals surface area contributed by atoms with Gasteiger partial charge in [0.05, 0.1) is 5.56 Å². The van der Waals surface area contributed by atoms with Gasteiger partial charge in [-0.25, -0.2) is 9.78 Å². The van der Waals surface area contributed by atoms with E-state index < -0.39 is 11.9 Å². The van der Waals surface area contributed by atoms with Crippen LogP contribution in [0.3, 0.4) is 0 Å². The second kappa shape index (κ2) is 3.53. The van der Waals surface area contributed by atoms with Crippen LogP contribution in [0, 0.1) is 0 Å². The molecule has 0 radical (unpaired) electrons. The summed E-state index contributed by atoms with van der Waals surface area (Å²) in [5, 5.41) is 2.25. The lowest BCUT2D eigenvalue weighted by molar-refractivity contribution is 0.1000. The predicted molar refractivity (Wildman–Crippen MR) is 46.0 cm³/mol. The molecule has 0 unspecified atom stereocenters. The molecule has 5 N–H and O–H groups in total. The number of urea groups is 1. The Labute approximate surface area is 73.9 Å². The van der Waals surface area contributed by atoms with Gasteiger partial charge in [0.25, 0.3) is 0 Å². The Hall–Kier alpha value is -2.11. The zero-order valence-corrected chi connectivity index (χ0v) is 6.65. The van der Waals surface area contributed by atoms with Crippen molar-refractivity contribution in [2.75, 3.05) is 5.32 Å². The third kappa shape index (κ3) is 2.44. The number of hydrogen-bond donors (Lipinski definition) is 3. The third-order valence-corrected chi connectivity index (χ3v) is 1.30. The number of hydrogen-bond acceptors (Lipinski definition) is 3. The fourth-order valence-corrected chi connectivity index (χ4v) is 0.740. The molecule has 0 aliphatic rings. The number of nitrogens with two attached hydrogens (primary N) is 2. The summed E-state index contributed by atoms with van der Waals surface area (Å²) in [5.74, 6) is -0.296. The molecule has 0 saturated carbocycles. The normalized spacial score (nSPS) is 9.23. The Morgan fingerprint density at radius 2 is 2.00 bits per heavy atom. The monoisotopic (exact) mass is 180 g/mol. The summed E-state index contributed by atoms with van der Waals surface area (Å²) in [4.78, 5) is 24.7. The largest absolute Gasteiger partial charge is 0.366 e. The van der Waals surface area contributed by atoms with Gasteiger partial charge in [-0.3, -0.25) is 10.1 Å². The molecule has 0 bridgehead atoms. The van der Waals surface area contributed by atoms with E-state index in [0.29, 0.717) is 0 Å². The molecule has 13 heavy (non-hydrogen) atoms. The van der Waals surface area contributed by atoms with Gasteiger partial charge in [-0.05, 0) is 12.1 Å². The second-order valence-corrected chi connectivity index (χ2v) is 2.29. The molecular formula is C7H8N4O2. The molecular weight excluding hydrogens is 172 g/mol. The fourth-order valence-electron chi connectivity index (χ4n) is 0.740. The number of anilines is 1. The van der Waals surface area contributed by atoms with Gasteiger partial charge in [0, 0.05) is 6.20 Å². The molecule has 0 saturated heterocycles. The molecule has 1 aromatic rings. The summed E-state index contributed by atoms with van der Waals surface area (Å²) in [6.45, 7) is 0. The van der Waals surface area contributed by atoms with E-state index in [1.165, 1.54) is 18.3 Å². The molecule has 68 valence electrons. The van der Waals surface area contributed by atoms with E-state index in [1.54, 1.807) is 0 Å². The maximum absolute atomic E-state index is 10.6. The predicted octanol–water partition coefficient (Wildman–Crippen LogP) is -0.329. The van der Waals surface area contributed by atoms with Crippen LogP contribution in [0.5, 0.6) is 0 Å². The van der Waals surface area contributed by atoms with Crippen molar-refractivity contribution >= 4 is 17.8 Å². The molecule has 3 amide bonds. The highest BCUT2D eigenvalue weighted by atomic mass is 16.2. The van der Waals surface area contributed by atoms with Crippen LogP contribution in [0.2, 0.25) is 0 Å². The van der Waals surface area contributed by atoms with Crippen molar-refractivity contribution in [3.8, 4) is 0 Å². The van der Waals surface area contributed by atoms with Crippen LogP contribution in [0.15, 0.2) is 18.3 Å². The first-order chi connectivity index (χ1) is 6.09. The molecule has 0 spiro atoms. The lowest BCUT2D eigenvalue weighted by Gasteiger charge is -2.00. The number of nitrogens with zero attached hydrogens (tertiary/aromatic N) is 1. The number of pyridine rings is 1. The molecule has 0 atom stereocenters. The number of aromatic nitrogens is 1. The topological polar surface area (TPSA) is 111 Å². The fraction of sp³-hybridized carbons (Fsp3) is 0. The van der Waals surface area contributed by atoms with Gasteiger partial charge in [-0.1, -0.05) is 0 Å². The maximum atomic E-state index is 10.6. The second-order valence-electron chi connectivity index (χ2n) is 2.29. The summed E-state index contributed by atoms with van der Waals surface area (Å²) < 4.78 is 0. The van der Waals surface area contributed by atoms with Crippen molar-refractivity contribution in [2.45, 2.75) is 0 Å². The van der Waals surface area contributed by atoms with Gasteiger partial charge in [-0.15, -0.1) is 0 Å². The molecule has 0 aromatic carbocycles. The van der Waals surface area contributed by atoms with Crippen LogP contribution >= 0.6 is 0 Å². The zero-order chi connectivity index (χ0) is 9.84. The minimum Gasteiger partial charge on any atom is -0.366 e. The van der Waals surface area contributed by atoms with Crippen LogP contribution in [0.4, 0.5) is 10.6 Å². The maximum Gasteiger partial charge on any atom is 0.317 e. The quantitative estimate of drug-likeness (QED) is 0.579. The first-order valence-electron chi connectivity index (χ1n) is 3.42. The lowest BCUT2D eigenvalue weighted by atomic mass is 10.3. The van der Waals surface area contributed by atoms with E-state index >= 15 is 0 Å². The molecule has 0 aliphatic heterocycles. The van der Waals surface area contributed by atoms with Crippen molar-refractivity contribution in [2.24, 2.45) is 11.5 Å². The van der Waals surface area contributed by atoms with Gasteiger partial charge in [0.1, 0.15) is 5.82 Å². The smallest absolute Gasteiger partial charge is 0.317 e. The number of nitrogens with one attached hydrogen (secondary N) is 1. The van der Waals surface area contributed by atoms with Crippen molar-refractivity contribution in [3.63, 3.8) is 0 Å². The van der Waals surface area contributed by atoms with Crippen LogP contribution in [-0.2, 0) is 0 Å². The summed E-state index contributed by atoms with van der Waals surface area (Å²) in [5.41, 5.74) is 10.1. The molecule has 1 heterocycles. The third-order valence-electron chi connectivity index (χ3n) is 1.30. The highest BCUT2D eigenvalue weighted by molar-refractivity contribution is 5.93. The van der Waals surface area contributed by atoms with E-state index in [9.17, 15) is 9.59 Å². The van der Waals surface area contributed by atoms with Gasteiger partial charge < -0.3 is 11.5 Å². The summed E-state index contributed by atoms with van der Waals surface area (Å²) in [6, 6.07) is 2.17. The number of amides is 3. The Morgan fingerprint density at radius 3 is 2.38 bits per heavy atom. The highest BCUT2D eigenvalue weighted by Gasteiger charge is 2.01. The Balaban J connectivity index is 2.81. The Kier molecular flexibility index (Phi) is 2.44. The van der Waals surface area contributed by atoms with Crippen molar-refractivity contribution in [3.05, 3.63) is 23.9 Å². The van der Waals surface area contributed by atoms with Crippen molar-refractivity contribution in [1.29, 1.82) is 0 Å². The van der Waals surface area contributed by atoms with E-state index in [0.717, 1.165) is 0 Å². The van der Waals surface area contributed by atoms with E-state index in [1.807, 2.05) is 0 Å². The summed E-state index contributed by atoms with van der Waals surface area (Å²) in [7, 11) is 0. The Morgan fingerprint density at radius 1 is 1.31 bits per heavy atom. The minimum atomic E-state index is -0.709. The van der Waals surface area contributed by atoms with Gasteiger partial charge in [0.2, 0.25) is 5.91 Å². The Bertz CT molecular complexity index is 333. The molecule has 0 fully saturated rings. The zero-order valence-electron chi connectivity index (χ0n) is 6.65. The summed E-state index contributed by atoms with van der Waals surface area (Å²) in [6.07, 6.45) is 1.26. The lowest BCUT2D eigenvalue weighted by Crippen LogP contribution is -2.20. The summed E-state index contributed by atoms with van der Waals surface area (Å²) >= 11 is 0. The van der Waals surface area contributed by atoms with Crippen LogP contribution < -0.4 is 16.8 Å². The number of primary amides is 2. The van der Waals surface area contributed by atoms with E-state index in [2.05, 4.69) is 10.3 Å². The standard InChI is InChI=1S/C7H8N4O2/c8-6(12)4-1-2-5(10-3-4)11-7(9)13/h1-3H,(H2,8,12)(H3,9,10,11,13). The van der Waals surface area contributed by atoms with E-state index in [4.69, 9.17) is 11.5 Å². The van der Waals surface area contributed by atoms with Crippen LogP contribution in [0.1, 0.15) is 10.4 Å². The highest BCUT2D eigenvalue weighted by Crippen LogP contribution is 2.03. The van der Waals surface area contributed by atoms with Crippen LogP contribution in [-0.4, -0.2) is 16.9 Å². The van der Waals surface area contributed by atoms with Crippen LogP contribution in [0.25, 0.3) is 0 Å². The van der Waals surface area contributed by atoms with E-state index in [-0.39, 0.29) is 11.4 Å². The molecule has 1 rings (SSSR count). The molecule has 6 nitrogen and oxygen atoms in total. The van der Waals surface area contributed by atoms with Crippen molar-refractivity contribution < 1.29 is 9.59 Å². The SMILES string of the molecule is NC(=O)Nc1ccc(C(N)=O)cn1. The molecule has 6 heteroatoms. The average molecular weight is 180 g/mol. The van der Waals surface area contributed by atoms with Gasteiger partial charge >= 0.3 is 6.03 Å². The number of rotatable bonds is 2. The minimum absolute atomic E-state index is 0.273. The number of carbonyl (C=O) groups is 2. The van der Waals surface area contributed by atoms with Gasteiger partial charge in [-0.2, -0.15) is 0 Å². The first-order valence-corrected chi connectivity index (χ1v) is 3.42. The average Bonchev–Trinajstić information content (AvgIpc) is 2.04.